The fraction of sp³-hybridized carbons (Fsp3) is 0.304. The lowest BCUT2D eigenvalue weighted by Gasteiger charge is -2.13. The predicted octanol–water partition coefficient (Wildman–Crippen LogP) is 6.08. The minimum atomic E-state index is -1.04. The molecule has 6 heteroatoms. The Bertz CT molecular complexity index is 1100. The van der Waals surface area contributed by atoms with Crippen LogP contribution in [0, 0.1) is 11.7 Å². The van der Waals surface area contributed by atoms with Crippen LogP contribution < -0.4 is 0 Å². The minimum Gasteiger partial charge on any atom is -0.478 e. The van der Waals surface area contributed by atoms with Crippen LogP contribution >= 0.6 is 15.9 Å². The maximum atomic E-state index is 14.6. The fourth-order valence-corrected chi connectivity index (χ4v) is 3.93. The number of hydrogen-bond acceptors (Lipinski definition) is 2. The van der Waals surface area contributed by atoms with Crippen LogP contribution in [0.15, 0.2) is 40.9 Å². The number of ketones is 1. The molecule has 3 rings (SSSR count). The van der Waals surface area contributed by atoms with Gasteiger partial charge in [0, 0.05) is 32.6 Å². The number of hydrogen-bond donors (Lipinski definition) is 1. The zero-order valence-electron chi connectivity index (χ0n) is 16.6. The lowest BCUT2D eigenvalue weighted by Crippen LogP contribution is -2.13. The molecule has 1 aromatic heterocycles. The zero-order chi connectivity index (χ0) is 21.3. The number of Topliss-reactive ketones (excluding diaryl/α,β-unsaturated/α-hetero) is 1. The summed E-state index contributed by atoms with van der Waals surface area (Å²) in [6.45, 7) is 5.94. The Labute approximate surface area is 177 Å². The number of carboxylic acids is 1. The predicted molar refractivity (Wildman–Crippen MR) is 115 cm³/mol. The molecule has 1 heterocycles. The van der Waals surface area contributed by atoms with Crippen LogP contribution in [-0.2, 0) is 13.0 Å². The number of benzene rings is 2. The Hall–Kier alpha value is -2.47. The number of aromatic nitrogens is 1. The Morgan fingerprint density at radius 2 is 1.90 bits per heavy atom. The second-order valence-electron chi connectivity index (χ2n) is 7.45. The van der Waals surface area contributed by atoms with E-state index in [1.54, 1.807) is 24.3 Å². The maximum absolute atomic E-state index is 14.6. The number of carbonyl (C=O) groups is 2. The van der Waals surface area contributed by atoms with Gasteiger partial charge >= 0.3 is 5.97 Å². The minimum absolute atomic E-state index is 0.0107. The van der Waals surface area contributed by atoms with Crippen molar-refractivity contribution in [2.24, 2.45) is 5.92 Å². The van der Waals surface area contributed by atoms with Crippen LogP contribution in [0.3, 0.4) is 0 Å². The SMILES string of the molecule is CCCc1c(C(=O)C(C)C)c2ccc(C(=O)O)cc2n1Cc1ccc(Br)cc1F. The summed E-state index contributed by atoms with van der Waals surface area (Å²) < 4.78 is 17.1. The smallest absolute Gasteiger partial charge is 0.335 e. The second-order valence-corrected chi connectivity index (χ2v) is 8.37. The molecule has 0 fully saturated rings. The topological polar surface area (TPSA) is 59.3 Å². The molecular formula is C23H23BrFNO3. The van der Waals surface area contributed by atoms with Gasteiger partial charge in [-0.05, 0) is 30.7 Å². The number of carbonyl (C=O) groups excluding carboxylic acids is 1. The molecule has 0 amide bonds. The van der Waals surface area contributed by atoms with Gasteiger partial charge in [0.15, 0.2) is 5.78 Å². The van der Waals surface area contributed by atoms with Crippen molar-refractivity contribution in [2.45, 2.75) is 40.2 Å². The normalized spacial score (nSPS) is 11.4. The van der Waals surface area contributed by atoms with Gasteiger partial charge in [0.25, 0.3) is 0 Å². The fourth-order valence-electron chi connectivity index (χ4n) is 3.60. The first-order valence-corrected chi connectivity index (χ1v) is 10.4. The van der Waals surface area contributed by atoms with E-state index in [1.165, 1.54) is 12.1 Å². The average molecular weight is 460 g/mol. The largest absolute Gasteiger partial charge is 0.478 e. The number of fused-ring (bicyclic) bond motifs is 1. The number of rotatable bonds is 7. The Morgan fingerprint density at radius 3 is 2.48 bits per heavy atom. The Morgan fingerprint density at radius 1 is 1.17 bits per heavy atom. The molecule has 0 atom stereocenters. The molecule has 1 N–H and O–H groups in total. The van der Waals surface area contributed by atoms with Crippen LogP contribution in [0.25, 0.3) is 10.9 Å². The first-order valence-electron chi connectivity index (χ1n) is 9.61. The van der Waals surface area contributed by atoms with Crippen molar-refractivity contribution < 1.29 is 19.1 Å². The summed E-state index contributed by atoms with van der Waals surface area (Å²) >= 11 is 3.27. The highest BCUT2D eigenvalue weighted by atomic mass is 79.9. The third kappa shape index (κ3) is 4.13. The Kier molecular flexibility index (Phi) is 6.22. The highest BCUT2D eigenvalue weighted by Gasteiger charge is 2.25. The van der Waals surface area contributed by atoms with Crippen molar-refractivity contribution >= 4 is 38.6 Å². The molecule has 0 saturated heterocycles. The summed E-state index contributed by atoms with van der Waals surface area (Å²) in [5, 5.41) is 10.2. The van der Waals surface area contributed by atoms with Crippen molar-refractivity contribution in [2.75, 3.05) is 0 Å². The van der Waals surface area contributed by atoms with Crippen molar-refractivity contribution in [3.63, 3.8) is 0 Å². The van der Waals surface area contributed by atoms with Crippen molar-refractivity contribution in [3.05, 3.63) is 69.1 Å². The van der Waals surface area contributed by atoms with E-state index in [9.17, 15) is 19.1 Å². The van der Waals surface area contributed by atoms with Crippen LogP contribution in [0.4, 0.5) is 4.39 Å². The van der Waals surface area contributed by atoms with E-state index in [4.69, 9.17) is 0 Å². The standard InChI is InChI=1S/C23H23BrFNO3/c1-4-5-19-21(22(27)13(2)3)17-9-7-14(23(28)29)10-20(17)26(19)12-15-6-8-16(24)11-18(15)25/h6-11,13H,4-5,12H2,1-3H3,(H,28,29). The van der Waals surface area contributed by atoms with Crippen molar-refractivity contribution in [3.8, 4) is 0 Å². The molecule has 0 saturated carbocycles. The van der Waals surface area contributed by atoms with E-state index < -0.39 is 5.97 Å². The van der Waals surface area contributed by atoms with Crippen LogP contribution in [0.5, 0.6) is 0 Å². The molecule has 0 aliphatic heterocycles. The van der Waals surface area contributed by atoms with Gasteiger partial charge < -0.3 is 9.67 Å². The summed E-state index contributed by atoms with van der Waals surface area (Å²) in [6.07, 6.45) is 1.45. The summed E-state index contributed by atoms with van der Waals surface area (Å²) in [5.74, 6) is -1.58. The molecule has 0 spiro atoms. The summed E-state index contributed by atoms with van der Waals surface area (Å²) in [6, 6.07) is 9.66. The molecule has 29 heavy (non-hydrogen) atoms. The summed E-state index contributed by atoms with van der Waals surface area (Å²) in [4.78, 5) is 24.6. The van der Waals surface area contributed by atoms with Gasteiger partial charge in [0.2, 0.25) is 0 Å². The lowest BCUT2D eigenvalue weighted by atomic mass is 9.96. The van der Waals surface area contributed by atoms with Gasteiger partial charge in [0.1, 0.15) is 5.82 Å². The van der Waals surface area contributed by atoms with E-state index in [0.717, 1.165) is 17.5 Å². The van der Waals surface area contributed by atoms with Gasteiger partial charge in [-0.3, -0.25) is 4.79 Å². The maximum Gasteiger partial charge on any atom is 0.335 e. The number of halogens is 2. The van der Waals surface area contributed by atoms with Crippen molar-refractivity contribution in [1.29, 1.82) is 0 Å². The van der Waals surface area contributed by atoms with Gasteiger partial charge in [-0.1, -0.05) is 55.3 Å². The van der Waals surface area contributed by atoms with Gasteiger partial charge in [0.05, 0.1) is 17.6 Å². The van der Waals surface area contributed by atoms with E-state index >= 15 is 0 Å². The molecule has 152 valence electrons. The molecule has 0 radical (unpaired) electrons. The monoisotopic (exact) mass is 459 g/mol. The number of nitrogens with zero attached hydrogens (tertiary/aromatic N) is 1. The zero-order valence-corrected chi connectivity index (χ0v) is 18.2. The lowest BCUT2D eigenvalue weighted by molar-refractivity contribution is 0.0696. The van der Waals surface area contributed by atoms with Crippen LogP contribution in [0.1, 0.15) is 59.2 Å². The third-order valence-electron chi connectivity index (χ3n) is 5.02. The number of carboxylic acid groups (broad SMARTS) is 1. The molecule has 3 aromatic rings. The summed E-state index contributed by atoms with van der Waals surface area (Å²) in [5.41, 5.74) is 2.70. The molecule has 0 bridgehead atoms. The quantitative estimate of drug-likeness (QED) is 0.435. The first kappa shape index (κ1) is 21.2. The highest BCUT2D eigenvalue weighted by molar-refractivity contribution is 9.10. The molecule has 0 unspecified atom stereocenters. The average Bonchev–Trinajstić information content (AvgIpc) is 2.96. The van der Waals surface area contributed by atoms with Crippen LogP contribution in [-0.4, -0.2) is 21.4 Å². The molecule has 0 aliphatic rings. The van der Waals surface area contributed by atoms with Crippen LogP contribution in [0.2, 0.25) is 0 Å². The van der Waals surface area contributed by atoms with E-state index in [2.05, 4.69) is 15.9 Å². The molecular weight excluding hydrogens is 437 g/mol. The third-order valence-corrected chi connectivity index (χ3v) is 5.51. The van der Waals surface area contributed by atoms with Gasteiger partial charge in [-0.15, -0.1) is 0 Å². The van der Waals surface area contributed by atoms with E-state index in [-0.39, 0.29) is 29.6 Å². The number of aromatic carboxylic acids is 1. The summed E-state index contributed by atoms with van der Waals surface area (Å²) in [7, 11) is 0. The first-order chi connectivity index (χ1) is 13.7. The highest BCUT2D eigenvalue weighted by Crippen LogP contribution is 2.32. The van der Waals surface area contributed by atoms with Crippen molar-refractivity contribution in [1.82, 2.24) is 4.57 Å². The van der Waals surface area contributed by atoms with Gasteiger partial charge in [-0.2, -0.15) is 0 Å². The van der Waals surface area contributed by atoms with Gasteiger partial charge in [-0.25, -0.2) is 9.18 Å². The van der Waals surface area contributed by atoms with E-state index in [1.807, 2.05) is 25.3 Å². The molecule has 2 aromatic carbocycles. The Balaban J connectivity index is 2.32. The van der Waals surface area contributed by atoms with E-state index in [0.29, 0.717) is 27.5 Å². The molecule has 4 nitrogen and oxygen atoms in total. The molecule has 0 aliphatic carbocycles. The second kappa shape index (κ2) is 8.49.